The van der Waals surface area contributed by atoms with Gasteiger partial charge in [-0.1, -0.05) is 6.92 Å². The van der Waals surface area contributed by atoms with E-state index >= 15 is 0 Å². The largest absolute Gasteiger partial charge is 0.370 e. The van der Waals surface area contributed by atoms with Gasteiger partial charge in [-0.05, 0) is 32.2 Å². The fourth-order valence-electron chi connectivity index (χ4n) is 3.54. The molecule has 1 amide bonds. The van der Waals surface area contributed by atoms with Crippen molar-refractivity contribution in [2.24, 2.45) is 5.73 Å². The van der Waals surface area contributed by atoms with Gasteiger partial charge in [0.1, 0.15) is 0 Å². The zero-order valence-corrected chi connectivity index (χ0v) is 13.6. The van der Waals surface area contributed by atoms with Crippen LogP contribution in [-0.2, 0) is 14.6 Å². The van der Waals surface area contributed by atoms with Crippen LogP contribution in [0.5, 0.6) is 0 Å². The van der Waals surface area contributed by atoms with Gasteiger partial charge in [-0.3, -0.25) is 9.69 Å². The molecule has 21 heavy (non-hydrogen) atoms. The average Bonchev–Trinajstić information content (AvgIpc) is 2.76. The van der Waals surface area contributed by atoms with E-state index < -0.39 is 15.7 Å². The molecule has 0 aromatic carbocycles. The fraction of sp³-hybridized carbons (Fsp3) is 0.929. The summed E-state index contributed by atoms with van der Waals surface area (Å²) in [6.07, 6.45) is 4.65. The Hall–Kier alpha value is -0.660. The minimum atomic E-state index is -3.19. The topological polar surface area (TPSA) is 92.5 Å². The molecular formula is C14H27N3O3S. The molecule has 2 rings (SSSR count). The molecule has 0 aromatic rings. The maximum absolute atomic E-state index is 11.9. The first-order chi connectivity index (χ1) is 9.89. The second-order valence-corrected chi connectivity index (χ2v) is 8.56. The molecule has 3 N–H and O–H groups in total. The highest BCUT2D eigenvalue weighted by Gasteiger charge is 2.35. The van der Waals surface area contributed by atoms with Crippen molar-refractivity contribution in [1.82, 2.24) is 10.2 Å². The molecule has 2 bridgehead atoms. The van der Waals surface area contributed by atoms with Crippen LogP contribution in [-0.4, -0.2) is 61.9 Å². The van der Waals surface area contributed by atoms with Gasteiger partial charge in [0.25, 0.3) is 0 Å². The number of hydrogen-bond acceptors (Lipinski definition) is 5. The smallest absolute Gasteiger partial charge is 0.218 e. The van der Waals surface area contributed by atoms with E-state index in [1.54, 1.807) is 0 Å². The Kier molecular flexibility index (Phi) is 5.62. The summed E-state index contributed by atoms with van der Waals surface area (Å²) >= 11 is 0. The Balaban J connectivity index is 1.83. The number of nitrogens with zero attached hydrogens (tertiary/aromatic N) is 1. The molecule has 0 aliphatic carbocycles. The quantitative estimate of drug-likeness (QED) is 0.651. The number of sulfone groups is 1. The van der Waals surface area contributed by atoms with Crippen molar-refractivity contribution in [3.8, 4) is 0 Å². The molecule has 0 aromatic heterocycles. The summed E-state index contributed by atoms with van der Waals surface area (Å²) in [5.41, 5.74) is 5.02. The van der Waals surface area contributed by atoms with Crippen LogP contribution in [0.15, 0.2) is 0 Å². The number of carbonyl (C=O) groups is 1. The van der Waals surface area contributed by atoms with Gasteiger partial charge in [0.15, 0.2) is 9.84 Å². The Bertz CT molecular complexity index is 454. The molecule has 6 nitrogen and oxygen atoms in total. The molecule has 2 atom stereocenters. The van der Waals surface area contributed by atoms with E-state index in [0.717, 1.165) is 19.4 Å². The molecule has 0 saturated carbocycles. The first-order valence-corrected chi connectivity index (χ1v) is 9.70. The van der Waals surface area contributed by atoms with Crippen molar-refractivity contribution >= 4 is 15.7 Å². The van der Waals surface area contributed by atoms with E-state index in [4.69, 9.17) is 5.73 Å². The number of rotatable bonds is 8. The summed E-state index contributed by atoms with van der Waals surface area (Å²) in [5.74, 6) is -0.564. The SMILES string of the molecule is CCN(CCS(=O)(=O)CCC(N)=O)C1CC2CCC(C1)N2. The number of fused-ring (bicyclic) bond motifs is 2. The summed E-state index contributed by atoms with van der Waals surface area (Å²) < 4.78 is 23.9. The number of hydrogen-bond donors (Lipinski definition) is 2. The third kappa shape index (κ3) is 4.93. The zero-order chi connectivity index (χ0) is 15.5. The molecule has 2 fully saturated rings. The summed E-state index contributed by atoms with van der Waals surface area (Å²) in [4.78, 5) is 13.0. The lowest BCUT2D eigenvalue weighted by Gasteiger charge is -2.37. The normalized spacial score (nSPS) is 29.0. The predicted molar refractivity (Wildman–Crippen MR) is 82.7 cm³/mol. The second kappa shape index (κ2) is 7.07. The highest BCUT2D eigenvalue weighted by molar-refractivity contribution is 7.91. The Morgan fingerprint density at radius 3 is 2.38 bits per heavy atom. The molecule has 7 heteroatoms. The van der Waals surface area contributed by atoms with E-state index in [1.807, 2.05) is 0 Å². The van der Waals surface area contributed by atoms with Crippen molar-refractivity contribution in [3.05, 3.63) is 0 Å². The highest BCUT2D eigenvalue weighted by Crippen LogP contribution is 2.29. The van der Waals surface area contributed by atoms with Crippen LogP contribution in [0.1, 0.15) is 39.0 Å². The van der Waals surface area contributed by atoms with Crippen LogP contribution in [0.4, 0.5) is 0 Å². The van der Waals surface area contributed by atoms with E-state index in [-0.39, 0.29) is 17.9 Å². The van der Waals surface area contributed by atoms with Gasteiger partial charge in [0, 0.05) is 31.1 Å². The van der Waals surface area contributed by atoms with Crippen molar-refractivity contribution in [1.29, 1.82) is 0 Å². The van der Waals surface area contributed by atoms with Crippen LogP contribution >= 0.6 is 0 Å². The lowest BCUT2D eigenvalue weighted by Crippen LogP contribution is -2.49. The second-order valence-electron chi connectivity index (χ2n) is 6.26. The molecule has 0 radical (unpaired) electrons. The standard InChI is InChI=1S/C14H27N3O3S/c1-2-17(6-8-21(19,20)7-5-14(15)18)13-9-11-3-4-12(10-13)16-11/h11-13,16H,2-10H2,1H3,(H2,15,18). The number of piperidine rings is 1. The molecule has 2 aliphatic rings. The van der Waals surface area contributed by atoms with Crippen molar-refractivity contribution in [3.63, 3.8) is 0 Å². The predicted octanol–water partition coefficient (Wildman–Crippen LogP) is -0.118. The lowest BCUT2D eigenvalue weighted by atomic mass is 9.98. The first kappa shape index (κ1) is 16.7. The fourth-order valence-corrected chi connectivity index (χ4v) is 4.77. The van der Waals surface area contributed by atoms with Crippen LogP contribution in [0.3, 0.4) is 0 Å². The van der Waals surface area contributed by atoms with Gasteiger partial charge in [-0.15, -0.1) is 0 Å². The Morgan fingerprint density at radius 2 is 1.86 bits per heavy atom. The van der Waals surface area contributed by atoms with E-state index in [1.165, 1.54) is 12.8 Å². The maximum atomic E-state index is 11.9. The van der Waals surface area contributed by atoms with E-state index in [0.29, 0.717) is 24.7 Å². The molecule has 0 spiro atoms. The Labute approximate surface area is 127 Å². The molecule has 2 saturated heterocycles. The number of carbonyl (C=O) groups excluding carboxylic acids is 1. The monoisotopic (exact) mass is 317 g/mol. The van der Waals surface area contributed by atoms with Crippen LogP contribution in [0.2, 0.25) is 0 Å². The van der Waals surface area contributed by atoms with Gasteiger partial charge < -0.3 is 11.1 Å². The average molecular weight is 317 g/mol. The summed E-state index contributed by atoms with van der Waals surface area (Å²) in [7, 11) is -3.19. The zero-order valence-electron chi connectivity index (χ0n) is 12.8. The maximum Gasteiger partial charge on any atom is 0.218 e. The van der Waals surface area contributed by atoms with E-state index in [9.17, 15) is 13.2 Å². The summed E-state index contributed by atoms with van der Waals surface area (Å²) in [5, 5.41) is 3.61. The van der Waals surface area contributed by atoms with Crippen LogP contribution in [0.25, 0.3) is 0 Å². The molecule has 2 heterocycles. The van der Waals surface area contributed by atoms with Crippen LogP contribution < -0.4 is 11.1 Å². The molecule has 122 valence electrons. The molecule has 2 unspecified atom stereocenters. The Morgan fingerprint density at radius 1 is 1.24 bits per heavy atom. The number of nitrogens with one attached hydrogen (secondary N) is 1. The van der Waals surface area contributed by atoms with Crippen molar-refractivity contribution in [2.75, 3.05) is 24.6 Å². The summed E-state index contributed by atoms with van der Waals surface area (Å²) in [6.45, 7) is 3.51. The molecule has 2 aliphatic heterocycles. The minimum Gasteiger partial charge on any atom is -0.370 e. The van der Waals surface area contributed by atoms with Gasteiger partial charge in [-0.2, -0.15) is 0 Å². The van der Waals surface area contributed by atoms with E-state index in [2.05, 4.69) is 17.1 Å². The highest BCUT2D eigenvalue weighted by atomic mass is 32.2. The van der Waals surface area contributed by atoms with Gasteiger partial charge >= 0.3 is 0 Å². The lowest BCUT2D eigenvalue weighted by molar-refractivity contribution is -0.117. The van der Waals surface area contributed by atoms with Crippen LogP contribution in [0, 0.1) is 0 Å². The third-order valence-electron chi connectivity index (χ3n) is 4.72. The molecular weight excluding hydrogens is 290 g/mol. The van der Waals surface area contributed by atoms with Gasteiger partial charge in [-0.25, -0.2) is 8.42 Å². The number of primary amides is 1. The minimum absolute atomic E-state index is 0.0774. The summed E-state index contributed by atoms with van der Waals surface area (Å²) in [6, 6.07) is 1.70. The van der Waals surface area contributed by atoms with Gasteiger partial charge in [0.2, 0.25) is 5.91 Å². The van der Waals surface area contributed by atoms with Crippen molar-refractivity contribution < 1.29 is 13.2 Å². The third-order valence-corrected chi connectivity index (χ3v) is 6.35. The number of amides is 1. The number of nitrogens with two attached hydrogens (primary N) is 1. The van der Waals surface area contributed by atoms with Crippen molar-refractivity contribution in [2.45, 2.75) is 57.2 Å². The first-order valence-electron chi connectivity index (χ1n) is 7.88. The van der Waals surface area contributed by atoms with Gasteiger partial charge in [0.05, 0.1) is 11.5 Å².